The second-order valence-corrected chi connectivity index (χ2v) is 4.70. The Morgan fingerprint density at radius 1 is 1.24 bits per heavy atom. The van der Waals surface area contributed by atoms with Crippen molar-refractivity contribution in [1.82, 2.24) is 5.32 Å². The van der Waals surface area contributed by atoms with E-state index in [0.717, 1.165) is 6.42 Å². The summed E-state index contributed by atoms with van der Waals surface area (Å²) in [5.74, 6) is -0.711. The van der Waals surface area contributed by atoms with Crippen molar-refractivity contribution in [3.63, 3.8) is 0 Å². The summed E-state index contributed by atoms with van der Waals surface area (Å²) in [6.45, 7) is 0.333. The first-order valence-corrected chi connectivity index (χ1v) is 6.78. The van der Waals surface area contributed by atoms with Crippen molar-refractivity contribution in [3.8, 4) is 0 Å². The van der Waals surface area contributed by atoms with Crippen molar-refractivity contribution in [1.29, 1.82) is 0 Å². The summed E-state index contributed by atoms with van der Waals surface area (Å²) in [4.78, 5) is 36.3. The molecule has 0 radical (unpaired) electrons. The van der Waals surface area contributed by atoms with Crippen LogP contribution in [0, 0.1) is 0 Å². The number of nitrogens with two attached hydrogens (primary N) is 1. The molecule has 0 spiro atoms. The van der Waals surface area contributed by atoms with Gasteiger partial charge in [0.25, 0.3) is 0 Å². The molecule has 3 amide bonds. The van der Waals surface area contributed by atoms with Gasteiger partial charge in [0, 0.05) is 13.0 Å². The van der Waals surface area contributed by atoms with Gasteiger partial charge in [0.1, 0.15) is 0 Å². The van der Waals surface area contributed by atoms with Crippen molar-refractivity contribution < 1.29 is 14.4 Å². The number of amides is 3. The molecule has 0 bridgehead atoms. The van der Waals surface area contributed by atoms with Gasteiger partial charge in [-0.1, -0.05) is 12.1 Å². The highest BCUT2D eigenvalue weighted by atomic mass is 16.2. The summed E-state index contributed by atoms with van der Waals surface area (Å²) in [7, 11) is 0. The van der Waals surface area contributed by atoms with Crippen molar-refractivity contribution in [2.45, 2.75) is 12.8 Å². The second-order valence-electron chi connectivity index (χ2n) is 4.70. The van der Waals surface area contributed by atoms with Gasteiger partial charge in [-0.25, -0.2) is 0 Å². The molecule has 1 saturated heterocycles. The Morgan fingerprint density at radius 2 is 2.00 bits per heavy atom. The topological polar surface area (TPSA) is 105 Å². The smallest absolute Gasteiger partial charge is 0.243 e. The van der Waals surface area contributed by atoms with Crippen molar-refractivity contribution in [3.05, 3.63) is 24.3 Å². The Bertz CT molecular complexity index is 559. The summed E-state index contributed by atoms with van der Waals surface area (Å²) >= 11 is 0. The highest BCUT2D eigenvalue weighted by Crippen LogP contribution is 2.29. The van der Waals surface area contributed by atoms with Crippen molar-refractivity contribution in [2.24, 2.45) is 5.73 Å². The van der Waals surface area contributed by atoms with E-state index in [9.17, 15) is 14.4 Å². The molecule has 0 saturated carbocycles. The first-order chi connectivity index (χ1) is 10.1. The third-order valence-corrected chi connectivity index (χ3v) is 3.17. The lowest BCUT2D eigenvalue weighted by molar-refractivity contribution is -0.123. The molecular weight excluding hydrogens is 272 g/mol. The minimum absolute atomic E-state index is 0.0492. The zero-order chi connectivity index (χ0) is 15.2. The Hall–Kier alpha value is -2.41. The Labute approximate surface area is 122 Å². The summed E-state index contributed by atoms with van der Waals surface area (Å²) < 4.78 is 0. The van der Waals surface area contributed by atoms with E-state index in [0.29, 0.717) is 24.3 Å². The average molecular weight is 290 g/mol. The van der Waals surface area contributed by atoms with Crippen LogP contribution < -0.4 is 21.3 Å². The molecule has 112 valence electrons. The van der Waals surface area contributed by atoms with Gasteiger partial charge in [0.2, 0.25) is 17.7 Å². The monoisotopic (exact) mass is 290 g/mol. The molecule has 0 aliphatic carbocycles. The van der Waals surface area contributed by atoms with Gasteiger partial charge < -0.3 is 21.3 Å². The van der Waals surface area contributed by atoms with Gasteiger partial charge in [0.15, 0.2) is 0 Å². The van der Waals surface area contributed by atoms with E-state index in [4.69, 9.17) is 5.73 Å². The number of rotatable bonds is 5. The molecule has 1 fully saturated rings. The van der Waals surface area contributed by atoms with Gasteiger partial charge in [-0.15, -0.1) is 0 Å². The van der Waals surface area contributed by atoms with Crippen LogP contribution in [-0.2, 0) is 14.4 Å². The maximum absolute atomic E-state index is 11.8. The molecule has 1 heterocycles. The quantitative estimate of drug-likeness (QED) is 0.700. The minimum atomic E-state index is -0.395. The van der Waals surface area contributed by atoms with Gasteiger partial charge in [-0.05, 0) is 18.6 Å². The van der Waals surface area contributed by atoms with Crippen molar-refractivity contribution >= 4 is 29.1 Å². The maximum Gasteiger partial charge on any atom is 0.243 e. The fourth-order valence-corrected chi connectivity index (χ4v) is 2.16. The molecule has 2 rings (SSSR count). The molecule has 4 N–H and O–H groups in total. The van der Waals surface area contributed by atoms with E-state index in [2.05, 4.69) is 10.6 Å². The van der Waals surface area contributed by atoms with Crippen LogP contribution in [0.4, 0.5) is 11.4 Å². The summed E-state index contributed by atoms with van der Waals surface area (Å²) in [5, 5.41) is 5.09. The third kappa shape index (κ3) is 3.79. The molecule has 0 unspecified atom stereocenters. The number of nitrogens with one attached hydrogen (secondary N) is 2. The fraction of sp³-hybridized carbons (Fsp3) is 0.357. The van der Waals surface area contributed by atoms with Gasteiger partial charge in [-0.3, -0.25) is 14.4 Å². The number of benzene rings is 1. The largest absolute Gasteiger partial charge is 0.346 e. The summed E-state index contributed by atoms with van der Waals surface area (Å²) in [6, 6.07) is 7.10. The highest BCUT2D eigenvalue weighted by molar-refractivity contribution is 6.02. The molecular formula is C14H18N4O3. The molecule has 0 aromatic heterocycles. The lowest BCUT2D eigenvalue weighted by Crippen LogP contribution is -2.36. The lowest BCUT2D eigenvalue weighted by atomic mass is 10.2. The Kier molecular flexibility index (Phi) is 4.89. The molecule has 1 aromatic carbocycles. The Balaban J connectivity index is 2.04. The highest BCUT2D eigenvalue weighted by Gasteiger charge is 2.24. The average Bonchev–Trinajstić information content (AvgIpc) is 2.91. The number of hydrogen-bond acceptors (Lipinski definition) is 4. The molecule has 1 aliphatic heterocycles. The Morgan fingerprint density at radius 3 is 2.67 bits per heavy atom. The predicted octanol–water partition coefficient (Wildman–Crippen LogP) is -0.173. The van der Waals surface area contributed by atoms with Crippen LogP contribution in [0.1, 0.15) is 12.8 Å². The first kappa shape index (κ1) is 15.0. The van der Waals surface area contributed by atoms with Gasteiger partial charge >= 0.3 is 0 Å². The summed E-state index contributed by atoms with van der Waals surface area (Å²) in [5.41, 5.74) is 6.38. The van der Waals surface area contributed by atoms with E-state index in [1.165, 1.54) is 0 Å². The zero-order valence-electron chi connectivity index (χ0n) is 11.6. The molecule has 7 nitrogen and oxygen atoms in total. The normalized spacial score (nSPS) is 14.1. The number of carbonyl (C=O) groups is 3. The standard InChI is InChI=1S/C14H18N4O3/c15-8-12(19)16-9-13(20)17-10-4-1-2-5-11(10)18-7-3-6-14(18)21/h1-2,4-5H,3,6-9,15H2,(H,16,19)(H,17,20). The van der Waals surface area contributed by atoms with Crippen LogP contribution in [0.5, 0.6) is 0 Å². The fourth-order valence-electron chi connectivity index (χ4n) is 2.16. The van der Waals surface area contributed by atoms with Gasteiger partial charge in [-0.2, -0.15) is 0 Å². The molecule has 7 heteroatoms. The van der Waals surface area contributed by atoms with Crippen molar-refractivity contribution in [2.75, 3.05) is 29.9 Å². The van der Waals surface area contributed by atoms with E-state index in [1.807, 2.05) is 6.07 Å². The lowest BCUT2D eigenvalue weighted by Gasteiger charge is -2.20. The number of anilines is 2. The molecule has 0 atom stereocenters. The number of nitrogens with zero attached hydrogens (tertiary/aromatic N) is 1. The van der Waals surface area contributed by atoms with Crippen LogP contribution in [0.25, 0.3) is 0 Å². The van der Waals surface area contributed by atoms with Crippen LogP contribution >= 0.6 is 0 Å². The minimum Gasteiger partial charge on any atom is -0.346 e. The number of carbonyl (C=O) groups excluding carboxylic acids is 3. The molecule has 21 heavy (non-hydrogen) atoms. The summed E-state index contributed by atoms with van der Waals surface area (Å²) in [6.07, 6.45) is 1.34. The van der Waals surface area contributed by atoms with E-state index < -0.39 is 5.91 Å². The second kappa shape index (κ2) is 6.85. The van der Waals surface area contributed by atoms with Crippen LogP contribution in [0.2, 0.25) is 0 Å². The van der Waals surface area contributed by atoms with E-state index in [-0.39, 0.29) is 24.9 Å². The maximum atomic E-state index is 11.8. The van der Waals surface area contributed by atoms with Crippen LogP contribution in [-0.4, -0.2) is 37.4 Å². The third-order valence-electron chi connectivity index (χ3n) is 3.17. The van der Waals surface area contributed by atoms with E-state index in [1.54, 1.807) is 23.1 Å². The van der Waals surface area contributed by atoms with E-state index >= 15 is 0 Å². The number of hydrogen-bond donors (Lipinski definition) is 3. The zero-order valence-corrected chi connectivity index (χ0v) is 11.6. The molecule has 1 aliphatic rings. The van der Waals surface area contributed by atoms with Crippen LogP contribution in [0.15, 0.2) is 24.3 Å². The first-order valence-electron chi connectivity index (χ1n) is 6.78. The van der Waals surface area contributed by atoms with Gasteiger partial charge in [0.05, 0.1) is 24.5 Å². The predicted molar refractivity (Wildman–Crippen MR) is 78.7 cm³/mol. The molecule has 1 aromatic rings. The SMILES string of the molecule is NCC(=O)NCC(=O)Nc1ccccc1N1CCCC1=O. The van der Waals surface area contributed by atoms with Crippen LogP contribution in [0.3, 0.4) is 0 Å². The number of para-hydroxylation sites is 2.